The number of carbonyl (C=O) groups is 1. The fourth-order valence-electron chi connectivity index (χ4n) is 1.92. The van der Waals surface area contributed by atoms with Crippen molar-refractivity contribution in [1.82, 2.24) is 14.8 Å². The van der Waals surface area contributed by atoms with E-state index in [4.69, 9.17) is 0 Å². The summed E-state index contributed by atoms with van der Waals surface area (Å²) in [6.45, 7) is 0. The van der Waals surface area contributed by atoms with Crippen molar-refractivity contribution in [3.8, 4) is 0 Å². The average molecular weight is 362 g/mol. The molecule has 0 aliphatic carbocycles. The van der Waals surface area contributed by atoms with Crippen molar-refractivity contribution in [3.63, 3.8) is 0 Å². The summed E-state index contributed by atoms with van der Waals surface area (Å²) in [6, 6.07) is 13.5. The summed E-state index contributed by atoms with van der Waals surface area (Å²) in [7, 11) is 1.94. The van der Waals surface area contributed by atoms with Crippen LogP contribution in [0, 0.1) is 0 Å². The maximum absolute atomic E-state index is 12.1. The van der Waals surface area contributed by atoms with E-state index in [0.717, 1.165) is 22.3 Å². The van der Waals surface area contributed by atoms with Gasteiger partial charge in [-0.3, -0.25) is 4.79 Å². The number of aromatic nitrogens is 3. The molecule has 1 aromatic carbocycles. The van der Waals surface area contributed by atoms with Gasteiger partial charge in [-0.15, -0.1) is 33.3 Å². The molecule has 0 aliphatic rings. The summed E-state index contributed by atoms with van der Waals surface area (Å²) in [4.78, 5) is 12.1. The molecule has 0 radical (unpaired) electrons. The zero-order valence-electron chi connectivity index (χ0n) is 12.5. The smallest absolute Gasteiger partial charge is 0.191 e. The number of rotatable bonds is 7. The van der Waals surface area contributed by atoms with Crippen LogP contribution in [-0.4, -0.2) is 26.3 Å². The van der Waals surface area contributed by atoms with Gasteiger partial charge >= 0.3 is 0 Å². The highest BCUT2D eigenvalue weighted by Gasteiger charge is 2.12. The fraction of sp³-hybridized carbons (Fsp3) is 0.188. The molecule has 3 rings (SSSR count). The molecule has 3 aromatic rings. The van der Waals surface area contributed by atoms with Gasteiger partial charge in [0.25, 0.3) is 0 Å². The van der Waals surface area contributed by atoms with E-state index < -0.39 is 0 Å². The third-order valence-corrected chi connectivity index (χ3v) is 6.34. The first-order valence-electron chi connectivity index (χ1n) is 6.99. The van der Waals surface area contributed by atoms with Gasteiger partial charge in [0.05, 0.1) is 15.7 Å². The molecule has 0 atom stereocenters. The maximum atomic E-state index is 12.1. The summed E-state index contributed by atoms with van der Waals surface area (Å²) in [6.07, 6.45) is 0. The van der Waals surface area contributed by atoms with Crippen molar-refractivity contribution in [2.75, 3.05) is 5.75 Å². The first-order valence-corrected chi connectivity index (χ1v) is 9.85. The highest BCUT2D eigenvalue weighted by Crippen LogP contribution is 2.27. The van der Waals surface area contributed by atoms with Crippen LogP contribution in [0.5, 0.6) is 0 Å². The average Bonchev–Trinajstić information content (AvgIpc) is 3.22. The van der Waals surface area contributed by atoms with E-state index >= 15 is 0 Å². The summed E-state index contributed by atoms with van der Waals surface area (Å²) < 4.78 is 3.23. The Kier molecular flexibility index (Phi) is 5.53. The van der Waals surface area contributed by atoms with Crippen molar-refractivity contribution in [2.45, 2.75) is 15.1 Å². The molecule has 0 spiro atoms. The summed E-state index contributed by atoms with van der Waals surface area (Å²) in [5, 5.41) is 11.3. The fourth-order valence-corrected chi connectivity index (χ4v) is 4.50. The first-order chi connectivity index (χ1) is 11.2. The number of thioether (sulfide) groups is 2. The van der Waals surface area contributed by atoms with Crippen molar-refractivity contribution in [3.05, 3.63) is 59.2 Å². The molecule has 0 aliphatic heterocycles. The normalized spacial score (nSPS) is 10.8. The van der Waals surface area contributed by atoms with Crippen LogP contribution in [0.3, 0.4) is 0 Å². The van der Waals surface area contributed by atoms with E-state index in [1.54, 1.807) is 23.1 Å². The lowest BCUT2D eigenvalue weighted by Gasteiger charge is -2.03. The molecule has 2 heterocycles. The SMILES string of the molecule is Cn1c(CSc2cccs2)nnc1SCC(=O)c1ccccc1. The van der Waals surface area contributed by atoms with Crippen molar-refractivity contribution < 1.29 is 4.79 Å². The van der Waals surface area contributed by atoms with Gasteiger partial charge in [-0.2, -0.15) is 0 Å². The van der Waals surface area contributed by atoms with Crippen LogP contribution in [0.1, 0.15) is 16.2 Å². The molecule has 4 nitrogen and oxygen atoms in total. The van der Waals surface area contributed by atoms with Gasteiger partial charge in [-0.1, -0.05) is 48.2 Å². The Morgan fingerprint density at radius 2 is 1.96 bits per heavy atom. The lowest BCUT2D eigenvalue weighted by Crippen LogP contribution is -2.04. The standard InChI is InChI=1S/C16H15N3OS3/c1-19-14(11-22-15-8-5-9-21-15)17-18-16(19)23-10-13(20)12-6-3-2-4-7-12/h2-9H,10-11H2,1H3. The molecule has 7 heteroatoms. The quantitative estimate of drug-likeness (QED) is 0.467. The monoisotopic (exact) mass is 361 g/mol. The first kappa shape index (κ1) is 16.3. The number of ketones is 1. The zero-order chi connectivity index (χ0) is 16.1. The summed E-state index contributed by atoms with van der Waals surface area (Å²) in [5.74, 6) is 2.16. The Balaban J connectivity index is 1.57. The summed E-state index contributed by atoms with van der Waals surface area (Å²) >= 11 is 4.90. The Morgan fingerprint density at radius 3 is 2.70 bits per heavy atom. The Hall–Kier alpha value is -1.57. The third-order valence-electron chi connectivity index (χ3n) is 3.19. The second-order valence-electron chi connectivity index (χ2n) is 4.76. The second kappa shape index (κ2) is 7.81. The molecule has 0 unspecified atom stereocenters. The molecule has 0 saturated carbocycles. The number of hydrogen-bond donors (Lipinski definition) is 0. The third kappa shape index (κ3) is 4.25. The van der Waals surface area contributed by atoms with E-state index in [1.807, 2.05) is 48.0 Å². The van der Waals surface area contributed by atoms with Crippen LogP contribution in [0.15, 0.2) is 57.2 Å². The van der Waals surface area contributed by atoms with E-state index in [1.165, 1.54) is 16.0 Å². The van der Waals surface area contributed by atoms with Gasteiger partial charge < -0.3 is 4.57 Å². The molecule has 0 bridgehead atoms. The number of benzene rings is 1. The highest BCUT2D eigenvalue weighted by atomic mass is 32.2. The van der Waals surface area contributed by atoms with Crippen LogP contribution >= 0.6 is 34.9 Å². The Labute approximate surface area is 147 Å². The number of thiophene rings is 1. The lowest BCUT2D eigenvalue weighted by molar-refractivity contribution is 0.102. The van der Waals surface area contributed by atoms with Crippen LogP contribution < -0.4 is 0 Å². The second-order valence-corrected chi connectivity index (χ2v) is 7.92. The van der Waals surface area contributed by atoms with Crippen LogP contribution in [0.2, 0.25) is 0 Å². The van der Waals surface area contributed by atoms with Gasteiger partial charge in [-0.25, -0.2) is 0 Å². The van der Waals surface area contributed by atoms with Crippen LogP contribution in [-0.2, 0) is 12.8 Å². The van der Waals surface area contributed by atoms with E-state index in [-0.39, 0.29) is 5.78 Å². The van der Waals surface area contributed by atoms with Gasteiger partial charge in [0.15, 0.2) is 10.9 Å². The number of hydrogen-bond acceptors (Lipinski definition) is 6. The molecule has 0 saturated heterocycles. The highest BCUT2D eigenvalue weighted by molar-refractivity contribution is 8.00. The largest absolute Gasteiger partial charge is 0.308 e. The van der Waals surface area contributed by atoms with Crippen molar-refractivity contribution >= 4 is 40.6 Å². The molecule has 0 fully saturated rings. The van der Waals surface area contributed by atoms with Crippen LogP contribution in [0.4, 0.5) is 0 Å². The van der Waals surface area contributed by atoms with E-state index in [2.05, 4.69) is 21.6 Å². The summed E-state index contributed by atoms with van der Waals surface area (Å²) in [5.41, 5.74) is 0.732. The predicted molar refractivity (Wildman–Crippen MR) is 96.4 cm³/mol. The topological polar surface area (TPSA) is 47.8 Å². The van der Waals surface area contributed by atoms with Gasteiger partial charge in [0.2, 0.25) is 0 Å². The molecular formula is C16H15N3OS3. The molecule has 23 heavy (non-hydrogen) atoms. The minimum Gasteiger partial charge on any atom is -0.308 e. The minimum absolute atomic E-state index is 0.105. The zero-order valence-corrected chi connectivity index (χ0v) is 15.0. The molecule has 0 amide bonds. The molecular weight excluding hydrogens is 346 g/mol. The van der Waals surface area contributed by atoms with Crippen LogP contribution in [0.25, 0.3) is 0 Å². The number of nitrogens with zero attached hydrogens (tertiary/aromatic N) is 3. The maximum Gasteiger partial charge on any atom is 0.191 e. The molecule has 118 valence electrons. The predicted octanol–water partition coefficient (Wildman–Crippen LogP) is 4.14. The number of Topliss-reactive ketones (excluding diaryl/α,β-unsaturated/α-hetero) is 1. The molecule has 0 N–H and O–H groups in total. The number of carbonyl (C=O) groups excluding carboxylic acids is 1. The van der Waals surface area contributed by atoms with Crippen molar-refractivity contribution in [2.24, 2.45) is 7.05 Å². The van der Waals surface area contributed by atoms with Gasteiger partial charge in [-0.05, 0) is 11.4 Å². The molecule has 2 aromatic heterocycles. The van der Waals surface area contributed by atoms with E-state index in [9.17, 15) is 4.79 Å². The lowest BCUT2D eigenvalue weighted by atomic mass is 10.2. The minimum atomic E-state index is 0.105. The van der Waals surface area contributed by atoms with Gasteiger partial charge in [0, 0.05) is 12.6 Å². The Morgan fingerprint density at radius 1 is 1.13 bits per heavy atom. The van der Waals surface area contributed by atoms with E-state index in [0.29, 0.717) is 5.75 Å². The Bertz CT molecular complexity index is 769. The van der Waals surface area contributed by atoms with Crippen molar-refractivity contribution in [1.29, 1.82) is 0 Å². The van der Waals surface area contributed by atoms with Gasteiger partial charge in [0.1, 0.15) is 5.82 Å².